The van der Waals surface area contributed by atoms with Crippen molar-refractivity contribution >= 4 is 5.91 Å². The molecule has 5 nitrogen and oxygen atoms in total. The summed E-state index contributed by atoms with van der Waals surface area (Å²) in [4.78, 5) is 12.6. The maximum Gasteiger partial charge on any atom is 0.255 e. The van der Waals surface area contributed by atoms with Crippen molar-refractivity contribution in [2.24, 2.45) is 0 Å². The van der Waals surface area contributed by atoms with E-state index in [0.29, 0.717) is 42.6 Å². The maximum absolute atomic E-state index is 12.6. The largest absolute Gasteiger partial charge is 0.493 e. The van der Waals surface area contributed by atoms with E-state index < -0.39 is 0 Å². The zero-order chi connectivity index (χ0) is 20.2. The lowest BCUT2D eigenvalue weighted by Gasteiger charge is -2.13. The van der Waals surface area contributed by atoms with E-state index in [9.17, 15) is 4.79 Å². The number of benzene rings is 2. The van der Waals surface area contributed by atoms with Crippen LogP contribution in [0.25, 0.3) is 0 Å². The van der Waals surface area contributed by atoms with Gasteiger partial charge < -0.3 is 19.5 Å². The highest BCUT2D eigenvalue weighted by Crippen LogP contribution is 2.28. The van der Waals surface area contributed by atoms with Gasteiger partial charge in [0.25, 0.3) is 5.91 Å². The first-order chi connectivity index (χ1) is 13.7. The topological polar surface area (TPSA) is 56.8 Å². The number of carbonyl (C=O) groups excluding carboxylic acids is 1. The number of hydrogen-bond acceptors (Lipinski definition) is 4. The zero-order valence-electron chi connectivity index (χ0n) is 17.1. The van der Waals surface area contributed by atoms with Gasteiger partial charge in [-0.15, -0.1) is 0 Å². The lowest BCUT2D eigenvalue weighted by atomic mass is 10.1. The first-order valence-electron chi connectivity index (χ1n) is 9.99. The number of amides is 1. The smallest absolute Gasteiger partial charge is 0.255 e. The number of unbranched alkanes of at least 4 members (excludes halogenated alkanes) is 2. The minimum absolute atomic E-state index is 0.156. The molecule has 0 saturated carbocycles. The third-order valence-corrected chi connectivity index (χ3v) is 4.28. The molecule has 0 atom stereocenters. The van der Waals surface area contributed by atoms with Crippen LogP contribution in [-0.2, 0) is 6.54 Å². The molecule has 0 aliphatic rings. The Morgan fingerprint density at radius 2 is 1.68 bits per heavy atom. The molecule has 0 fully saturated rings. The Hall–Kier alpha value is -2.69. The lowest BCUT2D eigenvalue weighted by molar-refractivity contribution is 0.0946. The summed E-state index contributed by atoms with van der Waals surface area (Å²) in [5.74, 6) is 1.85. The summed E-state index contributed by atoms with van der Waals surface area (Å²) < 4.78 is 16.9. The minimum Gasteiger partial charge on any atom is -0.493 e. The van der Waals surface area contributed by atoms with E-state index in [1.807, 2.05) is 36.4 Å². The molecular formula is C23H31NO4. The van der Waals surface area contributed by atoms with E-state index >= 15 is 0 Å². The first-order valence-corrected chi connectivity index (χ1v) is 9.99. The maximum atomic E-state index is 12.6. The second kappa shape index (κ2) is 11.9. The van der Waals surface area contributed by atoms with Gasteiger partial charge in [-0.1, -0.05) is 44.9 Å². The van der Waals surface area contributed by atoms with Gasteiger partial charge >= 0.3 is 0 Å². The van der Waals surface area contributed by atoms with Crippen molar-refractivity contribution in [3.63, 3.8) is 0 Å². The molecule has 152 valence electrons. The van der Waals surface area contributed by atoms with Crippen LogP contribution in [-0.4, -0.2) is 26.2 Å². The molecule has 0 aliphatic carbocycles. The molecule has 0 heterocycles. The van der Waals surface area contributed by atoms with Crippen LogP contribution in [0, 0.1) is 0 Å². The van der Waals surface area contributed by atoms with Gasteiger partial charge in [-0.05, 0) is 42.7 Å². The second-order valence-electron chi connectivity index (χ2n) is 6.57. The Balaban J connectivity index is 1.98. The van der Waals surface area contributed by atoms with Crippen LogP contribution in [0.1, 0.15) is 55.5 Å². The fraction of sp³-hybridized carbons (Fsp3) is 0.435. The van der Waals surface area contributed by atoms with Crippen LogP contribution in [0.2, 0.25) is 0 Å². The monoisotopic (exact) mass is 385 g/mol. The Kier molecular flexibility index (Phi) is 9.19. The average molecular weight is 386 g/mol. The highest BCUT2D eigenvalue weighted by atomic mass is 16.5. The van der Waals surface area contributed by atoms with E-state index in [-0.39, 0.29) is 5.91 Å². The Bertz CT molecular complexity index is 745. The van der Waals surface area contributed by atoms with Crippen LogP contribution < -0.4 is 19.5 Å². The van der Waals surface area contributed by atoms with Crippen LogP contribution in [0.15, 0.2) is 42.5 Å². The number of nitrogens with one attached hydrogen (secondary N) is 1. The summed E-state index contributed by atoms with van der Waals surface area (Å²) in [7, 11) is 1.61. The summed E-state index contributed by atoms with van der Waals surface area (Å²) in [5, 5.41) is 2.96. The van der Waals surface area contributed by atoms with Gasteiger partial charge in [0.1, 0.15) is 5.75 Å². The number of hydrogen-bond donors (Lipinski definition) is 1. The fourth-order valence-electron chi connectivity index (χ4n) is 2.75. The van der Waals surface area contributed by atoms with E-state index in [4.69, 9.17) is 14.2 Å². The van der Waals surface area contributed by atoms with E-state index in [2.05, 4.69) is 19.2 Å². The zero-order valence-corrected chi connectivity index (χ0v) is 17.1. The van der Waals surface area contributed by atoms with Crippen molar-refractivity contribution in [3.8, 4) is 17.2 Å². The van der Waals surface area contributed by atoms with Crippen molar-refractivity contribution in [1.82, 2.24) is 5.32 Å². The van der Waals surface area contributed by atoms with Gasteiger partial charge in [0.2, 0.25) is 0 Å². The quantitative estimate of drug-likeness (QED) is 0.523. The molecule has 1 N–H and O–H groups in total. The molecule has 2 aromatic rings. The molecule has 1 amide bonds. The predicted molar refractivity (Wildman–Crippen MR) is 111 cm³/mol. The molecule has 0 saturated heterocycles. The Morgan fingerprint density at radius 1 is 0.893 bits per heavy atom. The molecule has 0 radical (unpaired) electrons. The normalized spacial score (nSPS) is 10.4. The number of rotatable bonds is 12. The van der Waals surface area contributed by atoms with Crippen molar-refractivity contribution in [3.05, 3.63) is 53.6 Å². The summed E-state index contributed by atoms with van der Waals surface area (Å²) in [5.41, 5.74) is 1.49. The van der Waals surface area contributed by atoms with Gasteiger partial charge in [-0.2, -0.15) is 0 Å². The van der Waals surface area contributed by atoms with Gasteiger partial charge in [0, 0.05) is 6.54 Å². The summed E-state index contributed by atoms with van der Waals surface area (Å²) >= 11 is 0. The molecule has 0 aromatic heterocycles. The van der Waals surface area contributed by atoms with Crippen LogP contribution >= 0.6 is 0 Å². The standard InChI is InChI=1S/C23H31NO4/c1-4-6-9-15-28-20-11-8-7-10-19(20)23(25)24-17-18-12-13-21(27-14-5-2)22(16-18)26-3/h7-8,10-13,16H,4-6,9,14-15,17H2,1-3H3,(H,24,25). The van der Waals surface area contributed by atoms with Crippen LogP contribution in [0.4, 0.5) is 0 Å². The molecule has 0 spiro atoms. The SMILES string of the molecule is CCCCCOc1ccccc1C(=O)NCc1ccc(OCCC)c(OC)c1. The van der Waals surface area contributed by atoms with Gasteiger partial charge in [-0.3, -0.25) is 4.79 Å². The summed E-state index contributed by atoms with van der Waals surface area (Å²) in [6, 6.07) is 13.0. The highest BCUT2D eigenvalue weighted by Gasteiger charge is 2.12. The van der Waals surface area contributed by atoms with E-state index in [1.165, 1.54) is 0 Å². The first kappa shape index (κ1) is 21.6. The fourth-order valence-corrected chi connectivity index (χ4v) is 2.75. The van der Waals surface area contributed by atoms with Gasteiger partial charge in [0.05, 0.1) is 25.9 Å². The molecule has 0 bridgehead atoms. The van der Waals surface area contributed by atoms with Gasteiger partial charge in [-0.25, -0.2) is 0 Å². The average Bonchev–Trinajstić information content (AvgIpc) is 2.74. The number of methoxy groups -OCH3 is 1. The van der Waals surface area contributed by atoms with E-state index in [0.717, 1.165) is 31.2 Å². The van der Waals surface area contributed by atoms with Crippen molar-refractivity contribution in [2.75, 3.05) is 20.3 Å². The Morgan fingerprint density at radius 3 is 2.43 bits per heavy atom. The number of carbonyl (C=O) groups is 1. The van der Waals surface area contributed by atoms with Crippen LogP contribution in [0.3, 0.4) is 0 Å². The second-order valence-corrected chi connectivity index (χ2v) is 6.57. The number of para-hydroxylation sites is 1. The van der Waals surface area contributed by atoms with Crippen molar-refractivity contribution < 1.29 is 19.0 Å². The number of ether oxygens (including phenoxy) is 3. The van der Waals surface area contributed by atoms with Gasteiger partial charge in [0.15, 0.2) is 11.5 Å². The van der Waals surface area contributed by atoms with Crippen LogP contribution in [0.5, 0.6) is 17.2 Å². The molecule has 0 aliphatic heterocycles. The molecule has 5 heteroatoms. The molecule has 2 rings (SSSR count). The molecule has 0 unspecified atom stereocenters. The third kappa shape index (κ3) is 6.48. The van der Waals surface area contributed by atoms with Crippen molar-refractivity contribution in [1.29, 1.82) is 0 Å². The van der Waals surface area contributed by atoms with E-state index in [1.54, 1.807) is 13.2 Å². The minimum atomic E-state index is -0.156. The molecule has 28 heavy (non-hydrogen) atoms. The molecular weight excluding hydrogens is 354 g/mol. The van der Waals surface area contributed by atoms with Crippen molar-refractivity contribution in [2.45, 2.75) is 46.1 Å². The predicted octanol–water partition coefficient (Wildman–Crippen LogP) is 4.98. The third-order valence-electron chi connectivity index (χ3n) is 4.28. The molecule has 2 aromatic carbocycles. The summed E-state index contributed by atoms with van der Waals surface area (Å²) in [6.07, 6.45) is 4.17. The lowest BCUT2D eigenvalue weighted by Crippen LogP contribution is -2.23. The summed E-state index contributed by atoms with van der Waals surface area (Å²) in [6.45, 7) is 5.87. The highest BCUT2D eigenvalue weighted by molar-refractivity contribution is 5.96. The Labute approximate surface area is 168 Å².